The third-order valence-electron chi connectivity index (χ3n) is 1.83. The first-order chi connectivity index (χ1) is 3.98. The molecule has 0 aliphatic rings. The first kappa shape index (κ1) is 12.5. The number of rotatable bonds is 3. The quantitative estimate of drug-likeness (QED) is 0.588. The van der Waals surface area contributed by atoms with Gasteiger partial charge in [-0.3, -0.25) is 0 Å². The van der Waals surface area contributed by atoms with Crippen LogP contribution in [-0.2, 0) is 0 Å². The molecule has 1 atom stereocenters. The molecule has 3 heteroatoms. The van der Waals surface area contributed by atoms with E-state index in [-0.39, 0.29) is 17.6 Å². The van der Waals surface area contributed by atoms with Gasteiger partial charge in [-0.1, -0.05) is 6.92 Å². The molecule has 0 bridgehead atoms. The van der Waals surface area contributed by atoms with E-state index in [1.54, 1.807) is 0 Å². The summed E-state index contributed by atoms with van der Waals surface area (Å²) in [4.78, 5) is 0. The Hall–Kier alpha value is -0.120. The summed E-state index contributed by atoms with van der Waals surface area (Å²) in [6.07, 6.45) is 0.795. The Bertz CT molecular complexity index is 78.2. The molecule has 1 unspecified atom stereocenters. The Labute approximate surface area is 62.5 Å². The monoisotopic (exact) mass is 149 g/mol. The van der Waals surface area contributed by atoms with Gasteiger partial charge in [-0.25, -0.2) is 0 Å². The van der Waals surface area contributed by atoms with Gasteiger partial charge in [0.05, 0.1) is 0 Å². The molecule has 0 heterocycles. The molecule has 64 valence electrons. The summed E-state index contributed by atoms with van der Waals surface area (Å²) in [5, 5.41) is 8.54. The van der Waals surface area contributed by atoms with E-state index in [9.17, 15) is 0 Å². The predicted molar refractivity (Wildman–Crippen MR) is 42.7 cm³/mol. The van der Waals surface area contributed by atoms with Gasteiger partial charge in [-0.05, 0) is 26.2 Å². The molecule has 0 spiro atoms. The standard InChI is InChI=1S/C7H17NO.H2O/c1-6(4-5-9)7(2,3)8;/h6,9H,4-5,8H2,1-3H3;1H2. The fourth-order valence-corrected chi connectivity index (χ4v) is 0.566. The summed E-state index contributed by atoms with van der Waals surface area (Å²) in [7, 11) is 0. The van der Waals surface area contributed by atoms with Crippen LogP contribution in [0.5, 0.6) is 0 Å². The molecule has 3 nitrogen and oxygen atoms in total. The molecular weight excluding hydrogens is 130 g/mol. The normalized spacial score (nSPS) is 14.1. The van der Waals surface area contributed by atoms with Crippen LogP contribution in [0.15, 0.2) is 0 Å². The van der Waals surface area contributed by atoms with Crippen LogP contribution in [0.2, 0.25) is 0 Å². The van der Waals surface area contributed by atoms with Gasteiger partial charge in [-0.15, -0.1) is 0 Å². The first-order valence-electron chi connectivity index (χ1n) is 3.38. The van der Waals surface area contributed by atoms with Crippen LogP contribution in [-0.4, -0.2) is 22.7 Å². The Morgan fingerprint density at radius 3 is 2.00 bits per heavy atom. The molecule has 0 saturated carbocycles. The third-order valence-corrected chi connectivity index (χ3v) is 1.83. The lowest BCUT2D eigenvalue weighted by molar-refractivity contribution is 0.224. The van der Waals surface area contributed by atoms with Crippen LogP contribution in [0.1, 0.15) is 27.2 Å². The average molecular weight is 149 g/mol. The lowest BCUT2D eigenvalue weighted by Crippen LogP contribution is -2.39. The fraction of sp³-hybridized carbons (Fsp3) is 1.00. The minimum atomic E-state index is -0.150. The van der Waals surface area contributed by atoms with Gasteiger partial charge in [0.25, 0.3) is 0 Å². The van der Waals surface area contributed by atoms with Crippen molar-refractivity contribution in [2.45, 2.75) is 32.7 Å². The van der Waals surface area contributed by atoms with E-state index >= 15 is 0 Å². The summed E-state index contributed by atoms with van der Waals surface area (Å²) in [5.41, 5.74) is 5.60. The summed E-state index contributed by atoms with van der Waals surface area (Å²) < 4.78 is 0. The van der Waals surface area contributed by atoms with Crippen molar-refractivity contribution in [2.75, 3.05) is 6.61 Å². The zero-order chi connectivity index (χ0) is 7.49. The highest BCUT2D eigenvalue weighted by atomic mass is 16.3. The Morgan fingerprint density at radius 2 is 1.90 bits per heavy atom. The van der Waals surface area contributed by atoms with Crippen molar-refractivity contribution in [2.24, 2.45) is 11.7 Å². The van der Waals surface area contributed by atoms with E-state index in [0.29, 0.717) is 5.92 Å². The smallest absolute Gasteiger partial charge is 0.0434 e. The largest absolute Gasteiger partial charge is 0.412 e. The summed E-state index contributed by atoms with van der Waals surface area (Å²) in [6, 6.07) is 0. The molecule has 0 radical (unpaired) electrons. The molecule has 0 aromatic carbocycles. The summed E-state index contributed by atoms with van der Waals surface area (Å²) in [5.74, 6) is 0.391. The van der Waals surface area contributed by atoms with Crippen molar-refractivity contribution in [1.29, 1.82) is 0 Å². The van der Waals surface area contributed by atoms with Gasteiger partial charge in [0.15, 0.2) is 0 Å². The maximum absolute atomic E-state index is 8.54. The highest BCUT2D eigenvalue weighted by molar-refractivity contribution is 4.78. The summed E-state index contributed by atoms with van der Waals surface area (Å²) in [6.45, 7) is 6.25. The predicted octanol–water partition coefficient (Wildman–Crippen LogP) is -0.0825. The molecule has 0 aromatic rings. The topological polar surface area (TPSA) is 77.8 Å². The van der Waals surface area contributed by atoms with Gasteiger partial charge in [0.2, 0.25) is 0 Å². The van der Waals surface area contributed by atoms with Crippen molar-refractivity contribution in [3.63, 3.8) is 0 Å². The SMILES string of the molecule is CC(CCO)C(C)(C)N.O. The third kappa shape index (κ3) is 4.73. The number of nitrogens with two attached hydrogens (primary N) is 1. The van der Waals surface area contributed by atoms with Crippen LogP contribution >= 0.6 is 0 Å². The maximum atomic E-state index is 8.54. The van der Waals surface area contributed by atoms with E-state index < -0.39 is 0 Å². The fourth-order valence-electron chi connectivity index (χ4n) is 0.566. The van der Waals surface area contributed by atoms with Crippen LogP contribution < -0.4 is 5.73 Å². The molecule has 0 amide bonds. The van der Waals surface area contributed by atoms with E-state index in [1.165, 1.54) is 0 Å². The molecule has 0 aromatic heterocycles. The number of hydrogen-bond acceptors (Lipinski definition) is 2. The van der Waals surface area contributed by atoms with Gasteiger partial charge < -0.3 is 16.3 Å². The van der Waals surface area contributed by atoms with Gasteiger partial charge in [-0.2, -0.15) is 0 Å². The molecule has 0 aliphatic heterocycles. The second-order valence-corrected chi connectivity index (χ2v) is 3.23. The van der Waals surface area contributed by atoms with Gasteiger partial charge in [0, 0.05) is 12.1 Å². The van der Waals surface area contributed by atoms with Gasteiger partial charge in [0.1, 0.15) is 0 Å². The van der Waals surface area contributed by atoms with E-state index in [2.05, 4.69) is 6.92 Å². The van der Waals surface area contributed by atoms with E-state index in [1.807, 2.05) is 13.8 Å². The van der Waals surface area contributed by atoms with E-state index in [0.717, 1.165) is 6.42 Å². The zero-order valence-electron chi connectivity index (χ0n) is 7.02. The van der Waals surface area contributed by atoms with Gasteiger partial charge >= 0.3 is 0 Å². The molecule has 0 rings (SSSR count). The Kier molecular flexibility index (Phi) is 5.84. The van der Waals surface area contributed by atoms with Crippen molar-refractivity contribution in [3.05, 3.63) is 0 Å². The minimum absolute atomic E-state index is 0. The highest BCUT2D eigenvalue weighted by Gasteiger charge is 2.18. The molecule has 0 fully saturated rings. The minimum Gasteiger partial charge on any atom is -0.412 e. The molecule has 10 heavy (non-hydrogen) atoms. The highest BCUT2D eigenvalue weighted by Crippen LogP contribution is 2.15. The van der Waals surface area contributed by atoms with Crippen LogP contribution in [0.25, 0.3) is 0 Å². The number of aliphatic hydroxyl groups excluding tert-OH is 1. The lowest BCUT2D eigenvalue weighted by Gasteiger charge is -2.26. The molecule has 5 N–H and O–H groups in total. The van der Waals surface area contributed by atoms with Crippen LogP contribution in [0.4, 0.5) is 0 Å². The lowest BCUT2D eigenvalue weighted by atomic mass is 9.88. The van der Waals surface area contributed by atoms with Crippen molar-refractivity contribution >= 4 is 0 Å². The second kappa shape index (κ2) is 4.66. The van der Waals surface area contributed by atoms with Crippen LogP contribution in [0, 0.1) is 5.92 Å². The van der Waals surface area contributed by atoms with E-state index in [4.69, 9.17) is 10.8 Å². The number of hydrogen-bond donors (Lipinski definition) is 2. The zero-order valence-corrected chi connectivity index (χ0v) is 7.02. The number of aliphatic hydroxyl groups is 1. The van der Waals surface area contributed by atoms with Crippen LogP contribution in [0.3, 0.4) is 0 Å². The second-order valence-electron chi connectivity index (χ2n) is 3.23. The molecule has 0 aliphatic carbocycles. The Morgan fingerprint density at radius 1 is 1.50 bits per heavy atom. The first-order valence-corrected chi connectivity index (χ1v) is 3.38. The van der Waals surface area contributed by atoms with Crippen molar-refractivity contribution in [1.82, 2.24) is 0 Å². The van der Waals surface area contributed by atoms with Crippen molar-refractivity contribution in [3.8, 4) is 0 Å². The maximum Gasteiger partial charge on any atom is 0.0434 e. The van der Waals surface area contributed by atoms with Crippen molar-refractivity contribution < 1.29 is 10.6 Å². The molecule has 0 saturated heterocycles. The molecular formula is C7H19NO2. The Balaban J connectivity index is 0. The summed E-state index contributed by atoms with van der Waals surface area (Å²) >= 11 is 0. The average Bonchev–Trinajstić information content (AvgIpc) is 1.64.